The summed E-state index contributed by atoms with van der Waals surface area (Å²) < 4.78 is 0. The molecule has 4 aliphatic carbocycles. The van der Waals surface area contributed by atoms with E-state index in [1.54, 1.807) is 0 Å². The molecule has 5 rings (SSSR count). The summed E-state index contributed by atoms with van der Waals surface area (Å²) in [7, 11) is 2.08. The lowest BCUT2D eigenvalue weighted by atomic mass is 9.54. The Hall–Kier alpha value is -1.31. The Morgan fingerprint density at radius 1 is 1.04 bits per heavy atom. The molecule has 4 aliphatic rings. The van der Waals surface area contributed by atoms with Gasteiger partial charge in [0.2, 0.25) is 5.91 Å². The van der Waals surface area contributed by atoms with Crippen LogP contribution in [0, 0.1) is 23.7 Å². The van der Waals surface area contributed by atoms with Gasteiger partial charge in [0.15, 0.2) is 0 Å². The molecule has 1 aromatic rings. The van der Waals surface area contributed by atoms with Crippen LogP contribution in [0.2, 0.25) is 0 Å². The van der Waals surface area contributed by atoms with E-state index in [0.29, 0.717) is 24.3 Å². The van der Waals surface area contributed by atoms with Gasteiger partial charge in [-0.3, -0.25) is 4.79 Å². The molecule has 1 unspecified atom stereocenters. The van der Waals surface area contributed by atoms with Crippen molar-refractivity contribution in [2.75, 3.05) is 7.05 Å². The largest absolute Gasteiger partial charge is 0.342 e. The fourth-order valence-corrected chi connectivity index (χ4v) is 6.00. The number of rotatable bonds is 4. The van der Waals surface area contributed by atoms with E-state index in [9.17, 15) is 4.79 Å². The number of hydrogen-bond acceptors (Lipinski definition) is 1. The highest BCUT2D eigenvalue weighted by atomic mass is 16.2. The van der Waals surface area contributed by atoms with Gasteiger partial charge in [-0.05, 0) is 67.3 Å². The SMILES string of the molecule is CC(CC(=O)N(C)C1C2CC3CC(C2)CC1C3)c1ccccc1. The highest BCUT2D eigenvalue weighted by molar-refractivity contribution is 5.77. The lowest BCUT2D eigenvalue weighted by Crippen LogP contribution is -2.56. The third-order valence-electron chi connectivity index (χ3n) is 6.87. The van der Waals surface area contributed by atoms with Crippen molar-refractivity contribution >= 4 is 5.91 Å². The van der Waals surface area contributed by atoms with Crippen molar-refractivity contribution in [1.82, 2.24) is 4.90 Å². The van der Waals surface area contributed by atoms with Gasteiger partial charge in [-0.1, -0.05) is 37.3 Å². The normalized spacial score (nSPS) is 36.0. The molecular formula is C21H29NO. The minimum absolute atomic E-state index is 0.308. The van der Waals surface area contributed by atoms with Crippen LogP contribution in [0.5, 0.6) is 0 Å². The molecule has 4 saturated carbocycles. The maximum absolute atomic E-state index is 12.9. The summed E-state index contributed by atoms with van der Waals surface area (Å²) in [6.45, 7) is 2.18. The smallest absolute Gasteiger partial charge is 0.223 e. The zero-order chi connectivity index (χ0) is 16.0. The maximum Gasteiger partial charge on any atom is 0.223 e. The third kappa shape index (κ3) is 2.81. The second kappa shape index (κ2) is 5.96. The van der Waals surface area contributed by atoms with Gasteiger partial charge in [0, 0.05) is 19.5 Å². The molecule has 2 heteroatoms. The van der Waals surface area contributed by atoms with E-state index in [1.807, 2.05) is 6.07 Å². The van der Waals surface area contributed by atoms with Crippen molar-refractivity contribution in [3.8, 4) is 0 Å². The van der Waals surface area contributed by atoms with Crippen LogP contribution < -0.4 is 0 Å². The lowest BCUT2D eigenvalue weighted by Gasteiger charge is -2.56. The molecule has 0 saturated heterocycles. The fourth-order valence-electron chi connectivity index (χ4n) is 6.00. The van der Waals surface area contributed by atoms with Crippen LogP contribution in [0.3, 0.4) is 0 Å². The molecule has 4 fully saturated rings. The van der Waals surface area contributed by atoms with Gasteiger partial charge in [0.05, 0.1) is 0 Å². The van der Waals surface area contributed by atoms with Crippen molar-refractivity contribution in [1.29, 1.82) is 0 Å². The van der Waals surface area contributed by atoms with Crippen molar-refractivity contribution < 1.29 is 4.79 Å². The minimum Gasteiger partial charge on any atom is -0.342 e. The number of carbonyl (C=O) groups excluding carboxylic acids is 1. The third-order valence-corrected chi connectivity index (χ3v) is 6.87. The molecule has 0 spiro atoms. The van der Waals surface area contributed by atoms with Crippen molar-refractivity contribution in [3.05, 3.63) is 35.9 Å². The standard InChI is InChI=1S/C21H29NO/c1-14(17-6-4-3-5-7-17)8-20(23)22(2)21-18-10-15-9-16(12-18)13-19(21)11-15/h3-7,14-16,18-19,21H,8-13H2,1-2H3. The zero-order valence-corrected chi connectivity index (χ0v) is 14.4. The quantitative estimate of drug-likeness (QED) is 0.803. The summed E-state index contributed by atoms with van der Waals surface area (Å²) in [5, 5.41) is 0. The highest BCUT2D eigenvalue weighted by Gasteiger charge is 2.50. The van der Waals surface area contributed by atoms with Crippen molar-refractivity contribution in [2.45, 2.75) is 57.4 Å². The Bertz CT molecular complexity index is 538. The Balaban J connectivity index is 1.42. The molecule has 0 aromatic heterocycles. The molecule has 1 amide bonds. The van der Waals surface area contributed by atoms with Crippen LogP contribution in [-0.2, 0) is 4.79 Å². The van der Waals surface area contributed by atoms with E-state index in [0.717, 1.165) is 23.7 Å². The van der Waals surface area contributed by atoms with E-state index < -0.39 is 0 Å². The monoisotopic (exact) mass is 311 g/mol. The molecule has 1 atom stereocenters. The van der Waals surface area contributed by atoms with Crippen LogP contribution in [0.1, 0.15) is 56.9 Å². The Morgan fingerprint density at radius 3 is 2.17 bits per heavy atom. The van der Waals surface area contributed by atoms with Gasteiger partial charge in [-0.25, -0.2) is 0 Å². The zero-order valence-electron chi connectivity index (χ0n) is 14.4. The molecule has 0 aliphatic heterocycles. The number of carbonyl (C=O) groups is 1. The first-order chi connectivity index (χ1) is 11.1. The number of nitrogens with zero attached hydrogens (tertiary/aromatic N) is 1. The van der Waals surface area contributed by atoms with Crippen LogP contribution >= 0.6 is 0 Å². The van der Waals surface area contributed by atoms with Gasteiger partial charge >= 0.3 is 0 Å². The first-order valence-electron chi connectivity index (χ1n) is 9.42. The van der Waals surface area contributed by atoms with Gasteiger partial charge < -0.3 is 4.90 Å². The number of benzene rings is 1. The van der Waals surface area contributed by atoms with E-state index in [2.05, 4.69) is 43.1 Å². The average molecular weight is 311 g/mol. The molecule has 2 nitrogen and oxygen atoms in total. The molecule has 23 heavy (non-hydrogen) atoms. The van der Waals surface area contributed by atoms with E-state index >= 15 is 0 Å². The number of hydrogen-bond donors (Lipinski definition) is 0. The van der Waals surface area contributed by atoms with Crippen LogP contribution in [0.25, 0.3) is 0 Å². The second-order valence-corrected chi connectivity index (χ2v) is 8.44. The van der Waals surface area contributed by atoms with Crippen LogP contribution in [0.15, 0.2) is 30.3 Å². The van der Waals surface area contributed by atoms with Crippen molar-refractivity contribution in [2.24, 2.45) is 23.7 Å². The Kier molecular flexibility index (Phi) is 3.95. The highest BCUT2D eigenvalue weighted by Crippen LogP contribution is 2.55. The van der Waals surface area contributed by atoms with E-state index in [1.165, 1.54) is 37.7 Å². The molecule has 0 N–H and O–H groups in total. The Labute approximate surface area is 140 Å². The van der Waals surface area contributed by atoms with E-state index in [4.69, 9.17) is 0 Å². The molecular weight excluding hydrogens is 282 g/mol. The number of amides is 1. The van der Waals surface area contributed by atoms with Crippen LogP contribution in [0.4, 0.5) is 0 Å². The van der Waals surface area contributed by atoms with Crippen LogP contribution in [-0.4, -0.2) is 23.9 Å². The summed E-state index contributed by atoms with van der Waals surface area (Å²) >= 11 is 0. The first kappa shape index (κ1) is 15.2. The Morgan fingerprint density at radius 2 is 1.61 bits per heavy atom. The van der Waals surface area contributed by atoms with E-state index in [-0.39, 0.29) is 0 Å². The topological polar surface area (TPSA) is 20.3 Å². The molecule has 0 heterocycles. The maximum atomic E-state index is 12.9. The van der Waals surface area contributed by atoms with Gasteiger partial charge in [-0.2, -0.15) is 0 Å². The summed E-state index contributed by atoms with van der Waals surface area (Å²) in [6.07, 6.45) is 7.63. The fraction of sp³-hybridized carbons (Fsp3) is 0.667. The molecule has 1 aromatic carbocycles. The summed E-state index contributed by atoms with van der Waals surface area (Å²) in [4.78, 5) is 15.0. The van der Waals surface area contributed by atoms with Crippen molar-refractivity contribution in [3.63, 3.8) is 0 Å². The molecule has 124 valence electrons. The predicted octanol–water partition coefficient (Wildman–Crippen LogP) is 4.46. The predicted molar refractivity (Wildman–Crippen MR) is 93.1 cm³/mol. The second-order valence-electron chi connectivity index (χ2n) is 8.44. The molecule has 0 radical (unpaired) electrons. The summed E-state index contributed by atoms with van der Waals surface area (Å²) in [5.41, 5.74) is 1.28. The summed E-state index contributed by atoms with van der Waals surface area (Å²) in [6, 6.07) is 11.0. The first-order valence-corrected chi connectivity index (χ1v) is 9.42. The average Bonchev–Trinajstić information content (AvgIpc) is 2.54. The van der Waals surface area contributed by atoms with Gasteiger partial charge in [-0.15, -0.1) is 0 Å². The van der Waals surface area contributed by atoms with Gasteiger partial charge in [0.25, 0.3) is 0 Å². The molecule has 4 bridgehead atoms. The minimum atomic E-state index is 0.308. The van der Waals surface area contributed by atoms with Gasteiger partial charge in [0.1, 0.15) is 0 Å². The lowest BCUT2D eigenvalue weighted by molar-refractivity contribution is -0.141. The summed E-state index contributed by atoms with van der Waals surface area (Å²) in [5.74, 6) is 4.17.